The van der Waals surface area contributed by atoms with Gasteiger partial charge in [0.1, 0.15) is 5.75 Å². The number of pyridine rings is 1. The average Bonchev–Trinajstić information content (AvgIpc) is 2.58. The Morgan fingerprint density at radius 2 is 1.91 bits per heavy atom. The van der Waals surface area contributed by atoms with Gasteiger partial charge in [0.25, 0.3) is 0 Å². The van der Waals surface area contributed by atoms with Gasteiger partial charge in [0.15, 0.2) is 5.11 Å². The van der Waals surface area contributed by atoms with Gasteiger partial charge in [-0.25, -0.2) is 0 Å². The molecule has 0 bridgehead atoms. The molecular formula is C17H14N4OS. The van der Waals surface area contributed by atoms with Crippen molar-refractivity contribution in [3.8, 4) is 5.75 Å². The number of aromatic nitrogens is 1. The zero-order valence-corrected chi connectivity index (χ0v) is 12.9. The van der Waals surface area contributed by atoms with Gasteiger partial charge in [0, 0.05) is 17.3 Å². The summed E-state index contributed by atoms with van der Waals surface area (Å²) in [5, 5.41) is 18.4. The Labute approximate surface area is 138 Å². The van der Waals surface area contributed by atoms with Crippen molar-refractivity contribution in [3.63, 3.8) is 0 Å². The van der Waals surface area contributed by atoms with Crippen molar-refractivity contribution in [1.82, 2.24) is 10.4 Å². The Kier molecular flexibility index (Phi) is 4.44. The lowest BCUT2D eigenvalue weighted by atomic mass is 10.1. The molecular weight excluding hydrogens is 308 g/mol. The van der Waals surface area contributed by atoms with Gasteiger partial charge >= 0.3 is 0 Å². The molecule has 0 amide bonds. The molecule has 114 valence electrons. The minimum absolute atomic E-state index is 0.115. The van der Waals surface area contributed by atoms with Gasteiger partial charge in [-0.3, -0.25) is 10.4 Å². The van der Waals surface area contributed by atoms with Crippen molar-refractivity contribution < 1.29 is 5.11 Å². The average molecular weight is 322 g/mol. The molecule has 1 heterocycles. The Balaban J connectivity index is 1.73. The number of nitrogens with one attached hydrogen (secondary N) is 2. The standard InChI is InChI=1S/C17H14N4OS/c22-15-9-8-12-5-4-10-18-16(12)14(15)11-19-21-17(23)20-13-6-2-1-3-7-13/h1-11,22H,(H2,20,21,23)/b19-11+. The second kappa shape index (κ2) is 6.85. The Bertz CT molecular complexity index is 865. The van der Waals surface area contributed by atoms with E-state index in [0.29, 0.717) is 16.2 Å². The lowest BCUT2D eigenvalue weighted by molar-refractivity contribution is 0.475. The number of fused-ring (bicyclic) bond motifs is 1. The lowest BCUT2D eigenvalue weighted by Gasteiger charge is -2.07. The van der Waals surface area contributed by atoms with Gasteiger partial charge < -0.3 is 10.4 Å². The van der Waals surface area contributed by atoms with E-state index in [-0.39, 0.29) is 5.75 Å². The normalized spacial score (nSPS) is 10.8. The Morgan fingerprint density at radius 3 is 2.74 bits per heavy atom. The van der Waals surface area contributed by atoms with Gasteiger partial charge in [-0.15, -0.1) is 0 Å². The van der Waals surface area contributed by atoms with Gasteiger partial charge in [-0.05, 0) is 42.5 Å². The molecule has 0 radical (unpaired) electrons. The number of phenolic OH excluding ortho intramolecular Hbond substituents is 1. The summed E-state index contributed by atoms with van der Waals surface area (Å²) in [6, 6.07) is 16.7. The highest BCUT2D eigenvalue weighted by molar-refractivity contribution is 7.80. The molecule has 23 heavy (non-hydrogen) atoms. The number of para-hydroxylation sites is 1. The molecule has 5 nitrogen and oxygen atoms in total. The number of thiocarbonyl (C=S) groups is 1. The minimum atomic E-state index is 0.115. The number of hydrogen-bond donors (Lipinski definition) is 3. The van der Waals surface area contributed by atoms with Crippen LogP contribution in [0.1, 0.15) is 5.56 Å². The van der Waals surface area contributed by atoms with Crippen LogP contribution in [0.15, 0.2) is 65.9 Å². The second-order valence-corrected chi connectivity index (χ2v) is 5.17. The fourth-order valence-electron chi connectivity index (χ4n) is 2.12. The van der Waals surface area contributed by atoms with E-state index in [1.165, 1.54) is 6.21 Å². The van der Waals surface area contributed by atoms with Crippen LogP contribution >= 0.6 is 12.2 Å². The van der Waals surface area contributed by atoms with Gasteiger partial charge in [0.2, 0.25) is 0 Å². The Hall–Kier alpha value is -2.99. The molecule has 2 aromatic carbocycles. The zero-order valence-electron chi connectivity index (χ0n) is 12.1. The van der Waals surface area contributed by atoms with Crippen LogP contribution < -0.4 is 10.7 Å². The van der Waals surface area contributed by atoms with Crippen LogP contribution in [-0.2, 0) is 0 Å². The van der Waals surface area contributed by atoms with Crippen molar-refractivity contribution in [2.24, 2.45) is 5.10 Å². The number of nitrogens with zero attached hydrogens (tertiary/aromatic N) is 2. The molecule has 0 unspecified atom stereocenters. The molecule has 0 atom stereocenters. The van der Waals surface area contributed by atoms with Crippen LogP contribution in [0.5, 0.6) is 5.75 Å². The SMILES string of the molecule is Oc1ccc2cccnc2c1/C=N/NC(=S)Nc1ccccc1. The first kappa shape index (κ1) is 14.9. The van der Waals surface area contributed by atoms with E-state index in [9.17, 15) is 5.11 Å². The van der Waals surface area contributed by atoms with Crippen molar-refractivity contribution in [3.05, 3.63) is 66.4 Å². The summed E-state index contributed by atoms with van der Waals surface area (Å²) in [5.74, 6) is 0.115. The monoisotopic (exact) mass is 322 g/mol. The highest BCUT2D eigenvalue weighted by atomic mass is 32.1. The molecule has 6 heteroatoms. The van der Waals surface area contributed by atoms with E-state index in [2.05, 4.69) is 20.8 Å². The fraction of sp³-hybridized carbons (Fsp3) is 0. The summed E-state index contributed by atoms with van der Waals surface area (Å²) in [6.07, 6.45) is 3.18. The number of rotatable bonds is 3. The van der Waals surface area contributed by atoms with Crippen LogP contribution in [0, 0.1) is 0 Å². The van der Waals surface area contributed by atoms with Gasteiger partial charge in [-0.1, -0.05) is 24.3 Å². The molecule has 1 aromatic heterocycles. The highest BCUT2D eigenvalue weighted by Gasteiger charge is 2.05. The van der Waals surface area contributed by atoms with Crippen LogP contribution in [-0.4, -0.2) is 21.4 Å². The Morgan fingerprint density at radius 1 is 1.09 bits per heavy atom. The van der Waals surface area contributed by atoms with Crippen LogP contribution in [0.25, 0.3) is 10.9 Å². The molecule has 3 N–H and O–H groups in total. The third-order valence-corrected chi connectivity index (χ3v) is 3.38. The largest absolute Gasteiger partial charge is 0.507 e. The molecule has 0 fully saturated rings. The topological polar surface area (TPSA) is 69.5 Å². The van der Waals surface area contributed by atoms with E-state index in [1.54, 1.807) is 12.3 Å². The van der Waals surface area contributed by atoms with E-state index in [4.69, 9.17) is 12.2 Å². The summed E-state index contributed by atoms with van der Waals surface area (Å²) in [7, 11) is 0. The van der Waals surface area contributed by atoms with E-state index >= 15 is 0 Å². The predicted molar refractivity (Wildman–Crippen MR) is 96.8 cm³/mol. The van der Waals surface area contributed by atoms with Gasteiger partial charge in [-0.2, -0.15) is 5.10 Å². The molecule has 0 spiro atoms. The smallest absolute Gasteiger partial charge is 0.191 e. The third kappa shape index (κ3) is 3.61. The van der Waals surface area contributed by atoms with E-state index in [1.807, 2.05) is 48.5 Å². The molecule has 0 saturated carbocycles. The third-order valence-electron chi connectivity index (χ3n) is 3.18. The molecule has 3 rings (SSSR count). The fourth-order valence-corrected chi connectivity index (χ4v) is 2.29. The number of benzene rings is 2. The van der Waals surface area contributed by atoms with Crippen LogP contribution in [0.3, 0.4) is 0 Å². The van der Waals surface area contributed by atoms with Crippen LogP contribution in [0.2, 0.25) is 0 Å². The number of phenols is 1. The molecule has 3 aromatic rings. The number of hydrazone groups is 1. The molecule has 0 aliphatic heterocycles. The predicted octanol–water partition coefficient (Wildman–Crippen LogP) is 3.26. The maximum absolute atomic E-state index is 10.0. The summed E-state index contributed by atoms with van der Waals surface area (Å²) >= 11 is 5.17. The molecule has 0 saturated heterocycles. The number of anilines is 1. The first-order chi connectivity index (χ1) is 11.2. The van der Waals surface area contributed by atoms with E-state index < -0.39 is 0 Å². The molecule has 0 aliphatic carbocycles. The first-order valence-electron chi connectivity index (χ1n) is 6.96. The highest BCUT2D eigenvalue weighted by Crippen LogP contribution is 2.23. The summed E-state index contributed by atoms with van der Waals surface area (Å²) in [4.78, 5) is 4.28. The number of hydrogen-bond acceptors (Lipinski definition) is 4. The molecule has 0 aliphatic rings. The van der Waals surface area contributed by atoms with Gasteiger partial charge in [0.05, 0.1) is 17.3 Å². The first-order valence-corrected chi connectivity index (χ1v) is 7.36. The van der Waals surface area contributed by atoms with Crippen molar-refractivity contribution >= 4 is 40.1 Å². The summed E-state index contributed by atoms with van der Waals surface area (Å²) < 4.78 is 0. The maximum Gasteiger partial charge on any atom is 0.191 e. The quantitative estimate of drug-likeness (QED) is 0.392. The lowest BCUT2D eigenvalue weighted by Crippen LogP contribution is -2.23. The van der Waals surface area contributed by atoms with E-state index in [0.717, 1.165) is 11.1 Å². The number of aromatic hydroxyl groups is 1. The van der Waals surface area contributed by atoms with Crippen molar-refractivity contribution in [2.45, 2.75) is 0 Å². The second-order valence-electron chi connectivity index (χ2n) is 4.76. The summed E-state index contributed by atoms with van der Waals surface area (Å²) in [5.41, 5.74) is 4.81. The maximum atomic E-state index is 10.0. The summed E-state index contributed by atoms with van der Waals surface area (Å²) in [6.45, 7) is 0. The minimum Gasteiger partial charge on any atom is -0.507 e. The zero-order chi connectivity index (χ0) is 16.1. The van der Waals surface area contributed by atoms with Crippen LogP contribution in [0.4, 0.5) is 5.69 Å². The van der Waals surface area contributed by atoms with Crippen molar-refractivity contribution in [2.75, 3.05) is 5.32 Å². The van der Waals surface area contributed by atoms with Crippen molar-refractivity contribution in [1.29, 1.82) is 0 Å².